The van der Waals surface area contributed by atoms with E-state index in [0.717, 1.165) is 31.4 Å². The number of hydrogen-bond acceptors (Lipinski definition) is 4. The molecule has 1 aromatic carbocycles. The molecule has 0 radical (unpaired) electrons. The number of fused-ring (bicyclic) bond motifs is 1. The molecule has 21 heavy (non-hydrogen) atoms. The molecule has 1 fully saturated rings. The van der Waals surface area contributed by atoms with Gasteiger partial charge >= 0.3 is 0 Å². The highest BCUT2D eigenvalue weighted by Gasteiger charge is 2.28. The van der Waals surface area contributed by atoms with Gasteiger partial charge in [0.25, 0.3) is 0 Å². The molecular formula is C16H20N2OS2. The van der Waals surface area contributed by atoms with Crippen LogP contribution in [0, 0.1) is 0 Å². The van der Waals surface area contributed by atoms with E-state index in [0.29, 0.717) is 5.92 Å². The van der Waals surface area contributed by atoms with E-state index in [-0.39, 0.29) is 11.2 Å². The van der Waals surface area contributed by atoms with Gasteiger partial charge in [-0.1, -0.05) is 12.1 Å². The van der Waals surface area contributed by atoms with E-state index in [1.807, 2.05) is 24.1 Å². The van der Waals surface area contributed by atoms with E-state index in [2.05, 4.69) is 18.2 Å². The summed E-state index contributed by atoms with van der Waals surface area (Å²) in [5.41, 5.74) is 1.08. The fourth-order valence-corrected chi connectivity index (χ4v) is 4.25. The summed E-state index contributed by atoms with van der Waals surface area (Å²) < 4.78 is 1.24. The summed E-state index contributed by atoms with van der Waals surface area (Å²) in [7, 11) is 0. The second kappa shape index (κ2) is 6.36. The molecule has 0 spiro atoms. The van der Waals surface area contributed by atoms with Crippen LogP contribution in [0.1, 0.15) is 30.7 Å². The number of para-hydroxylation sites is 1. The number of carbonyl (C=O) groups excluding carboxylic acids is 1. The van der Waals surface area contributed by atoms with Crippen LogP contribution in [0.25, 0.3) is 10.2 Å². The molecule has 2 aromatic rings. The van der Waals surface area contributed by atoms with Gasteiger partial charge in [0.2, 0.25) is 5.91 Å². The normalized spacial score (nSPS) is 20.7. The molecule has 3 rings (SSSR count). The zero-order valence-corrected chi connectivity index (χ0v) is 14.0. The lowest BCUT2D eigenvalue weighted by atomic mass is 9.98. The second-order valence-corrected chi connectivity index (χ2v) is 7.76. The van der Waals surface area contributed by atoms with Crippen molar-refractivity contribution < 1.29 is 4.79 Å². The van der Waals surface area contributed by atoms with Crippen LogP contribution in [0.5, 0.6) is 0 Å². The number of benzene rings is 1. The fourth-order valence-electron chi connectivity index (χ4n) is 2.80. The number of thioether (sulfide) groups is 1. The number of likely N-dealkylation sites (tertiary alicyclic amines) is 1. The van der Waals surface area contributed by atoms with Crippen molar-refractivity contribution >= 4 is 39.2 Å². The largest absolute Gasteiger partial charge is 0.341 e. The first-order valence-electron chi connectivity index (χ1n) is 7.36. The Morgan fingerprint density at radius 1 is 1.48 bits per heavy atom. The minimum atomic E-state index is 0.0547. The number of carbonyl (C=O) groups is 1. The molecule has 112 valence electrons. The van der Waals surface area contributed by atoms with Crippen LogP contribution in [0.2, 0.25) is 0 Å². The molecule has 2 atom stereocenters. The summed E-state index contributed by atoms with van der Waals surface area (Å²) in [5.74, 6) is 0.669. The molecular weight excluding hydrogens is 300 g/mol. The second-order valence-electron chi connectivity index (χ2n) is 5.52. The SMILES string of the molecule is CS[C@H](C)C(=O)N1CCC[C@@H](c2nc3ccccc3s2)C1. The Bertz CT molecular complexity index is 607. The zero-order chi connectivity index (χ0) is 14.8. The molecule has 0 aliphatic carbocycles. The van der Waals surface area contributed by atoms with E-state index in [9.17, 15) is 4.79 Å². The first-order chi connectivity index (χ1) is 10.2. The van der Waals surface area contributed by atoms with Crippen LogP contribution >= 0.6 is 23.1 Å². The standard InChI is InChI=1S/C16H20N2OS2/c1-11(20-2)16(19)18-9-5-6-12(10-18)15-17-13-7-3-4-8-14(13)21-15/h3-4,7-8,11-12H,5-6,9-10H2,1-2H3/t11-,12-/m1/s1. The molecule has 0 unspecified atom stereocenters. The third-order valence-electron chi connectivity index (χ3n) is 4.09. The lowest BCUT2D eigenvalue weighted by Gasteiger charge is -2.33. The molecule has 3 nitrogen and oxygen atoms in total. The average Bonchev–Trinajstić information content (AvgIpc) is 2.97. The Hall–Kier alpha value is -1.07. The number of piperidine rings is 1. The van der Waals surface area contributed by atoms with Gasteiger partial charge in [-0.15, -0.1) is 11.3 Å². The molecule has 1 amide bonds. The first-order valence-corrected chi connectivity index (χ1v) is 9.46. The van der Waals surface area contributed by atoms with Crippen LogP contribution in [0.3, 0.4) is 0 Å². The maximum atomic E-state index is 12.4. The van der Waals surface area contributed by atoms with Crippen LogP contribution in [0.4, 0.5) is 0 Å². The van der Waals surface area contributed by atoms with Gasteiger partial charge in [-0.2, -0.15) is 11.8 Å². The Labute approximate surface area is 133 Å². The van der Waals surface area contributed by atoms with Gasteiger partial charge in [0, 0.05) is 19.0 Å². The number of thiazole rings is 1. The lowest BCUT2D eigenvalue weighted by Crippen LogP contribution is -2.42. The van der Waals surface area contributed by atoms with E-state index >= 15 is 0 Å². The molecule has 0 saturated carbocycles. The maximum absolute atomic E-state index is 12.4. The summed E-state index contributed by atoms with van der Waals surface area (Å²) in [4.78, 5) is 19.2. The fraction of sp³-hybridized carbons (Fsp3) is 0.500. The predicted octanol–water partition coefficient (Wildman–Crippen LogP) is 3.75. The van der Waals surface area contributed by atoms with Crippen molar-refractivity contribution in [1.82, 2.24) is 9.88 Å². The van der Waals surface area contributed by atoms with Crippen molar-refractivity contribution in [1.29, 1.82) is 0 Å². The molecule has 2 heterocycles. The summed E-state index contributed by atoms with van der Waals surface area (Å²) in [5, 5.41) is 1.24. The smallest absolute Gasteiger partial charge is 0.235 e. The Balaban J connectivity index is 1.78. The number of hydrogen-bond donors (Lipinski definition) is 0. The van der Waals surface area contributed by atoms with Crippen molar-refractivity contribution in [3.05, 3.63) is 29.3 Å². The van der Waals surface area contributed by atoms with E-state index < -0.39 is 0 Å². The number of nitrogens with zero attached hydrogens (tertiary/aromatic N) is 2. The molecule has 0 N–H and O–H groups in total. The minimum absolute atomic E-state index is 0.0547. The predicted molar refractivity (Wildman–Crippen MR) is 91.2 cm³/mol. The lowest BCUT2D eigenvalue weighted by molar-refractivity contribution is -0.131. The Morgan fingerprint density at radius 2 is 2.29 bits per heavy atom. The van der Waals surface area contributed by atoms with E-state index in [1.54, 1.807) is 23.1 Å². The molecule has 1 aliphatic heterocycles. The average molecular weight is 320 g/mol. The van der Waals surface area contributed by atoms with Gasteiger partial charge in [-0.3, -0.25) is 4.79 Å². The first kappa shape index (κ1) is 14.9. The molecule has 1 aliphatic rings. The Morgan fingerprint density at radius 3 is 3.05 bits per heavy atom. The van der Waals surface area contributed by atoms with Crippen molar-refractivity contribution in [2.75, 3.05) is 19.3 Å². The van der Waals surface area contributed by atoms with Crippen LogP contribution in [-0.4, -0.2) is 40.4 Å². The van der Waals surface area contributed by atoms with Crippen LogP contribution < -0.4 is 0 Å². The maximum Gasteiger partial charge on any atom is 0.235 e. The van der Waals surface area contributed by atoms with Gasteiger partial charge in [-0.05, 0) is 38.2 Å². The van der Waals surface area contributed by atoms with Gasteiger partial charge < -0.3 is 4.90 Å². The summed E-state index contributed by atoms with van der Waals surface area (Å²) in [6.07, 6.45) is 4.21. The quantitative estimate of drug-likeness (QED) is 0.863. The van der Waals surface area contributed by atoms with Crippen LogP contribution in [0.15, 0.2) is 24.3 Å². The third-order valence-corrected chi connectivity index (χ3v) is 6.20. The van der Waals surface area contributed by atoms with Gasteiger partial charge in [0.05, 0.1) is 20.5 Å². The van der Waals surface area contributed by atoms with Crippen molar-refractivity contribution in [3.8, 4) is 0 Å². The third kappa shape index (κ3) is 3.09. The molecule has 1 saturated heterocycles. The van der Waals surface area contributed by atoms with E-state index in [4.69, 9.17) is 4.98 Å². The number of amides is 1. The Kier molecular flexibility index (Phi) is 4.50. The number of rotatable bonds is 3. The number of aromatic nitrogens is 1. The van der Waals surface area contributed by atoms with Crippen molar-refractivity contribution in [3.63, 3.8) is 0 Å². The summed E-state index contributed by atoms with van der Waals surface area (Å²) in [6, 6.07) is 8.28. The molecule has 1 aromatic heterocycles. The van der Waals surface area contributed by atoms with Crippen LogP contribution in [-0.2, 0) is 4.79 Å². The molecule has 5 heteroatoms. The summed E-state index contributed by atoms with van der Waals surface area (Å²) in [6.45, 7) is 3.71. The van der Waals surface area contributed by atoms with Gasteiger partial charge in [-0.25, -0.2) is 4.98 Å². The van der Waals surface area contributed by atoms with Gasteiger partial charge in [0.1, 0.15) is 0 Å². The summed E-state index contributed by atoms with van der Waals surface area (Å²) >= 11 is 3.40. The highest BCUT2D eigenvalue weighted by Crippen LogP contribution is 2.33. The van der Waals surface area contributed by atoms with E-state index in [1.165, 1.54) is 9.71 Å². The van der Waals surface area contributed by atoms with Gasteiger partial charge in [0.15, 0.2) is 0 Å². The van der Waals surface area contributed by atoms with Crippen molar-refractivity contribution in [2.45, 2.75) is 30.9 Å². The molecule has 0 bridgehead atoms. The topological polar surface area (TPSA) is 33.2 Å². The highest BCUT2D eigenvalue weighted by molar-refractivity contribution is 7.99. The minimum Gasteiger partial charge on any atom is -0.341 e. The highest BCUT2D eigenvalue weighted by atomic mass is 32.2. The zero-order valence-electron chi connectivity index (χ0n) is 12.4. The monoisotopic (exact) mass is 320 g/mol. The van der Waals surface area contributed by atoms with Crippen molar-refractivity contribution in [2.24, 2.45) is 0 Å².